The second kappa shape index (κ2) is 7.68. The molecular formula is C29H28N4O2. The molecule has 1 fully saturated rings. The molecule has 0 radical (unpaired) electrons. The first-order valence-corrected chi connectivity index (χ1v) is 12.7. The van der Waals surface area contributed by atoms with Crippen LogP contribution in [0.2, 0.25) is 0 Å². The lowest BCUT2D eigenvalue weighted by atomic mass is 9.93. The van der Waals surface area contributed by atoms with E-state index in [1.807, 2.05) is 23.9 Å². The molecule has 0 aliphatic carbocycles. The number of fused-ring (bicyclic) bond motifs is 10. The minimum absolute atomic E-state index is 0.306. The van der Waals surface area contributed by atoms with Crippen LogP contribution in [0.5, 0.6) is 0 Å². The number of carbonyl (C=O) groups excluding carboxylic acids is 2. The molecule has 6 heteroatoms. The van der Waals surface area contributed by atoms with Crippen molar-refractivity contribution in [3.8, 4) is 0 Å². The number of aryl methyl sites for hydroxylation is 2. The zero-order valence-electron chi connectivity index (χ0n) is 19.9. The fourth-order valence-corrected chi connectivity index (χ4v) is 6.41. The maximum absolute atomic E-state index is 13.1. The number of carbonyl (C=O) groups is 2. The van der Waals surface area contributed by atoms with Gasteiger partial charge in [-0.25, -0.2) is 0 Å². The molecule has 35 heavy (non-hydrogen) atoms. The van der Waals surface area contributed by atoms with Crippen molar-refractivity contribution in [3.63, 3.8) is 0 Å². The van der Waals surface area contributed by atoms with E-state index >= 15 is 0 Å². The summed E-state index contributed by atoms with van der Waals surface area (Å²) in [5, 5.41) is 7.34. The highest BCUT2D eigenvalue weighted by Crippen LogP contribution is 2.42. The van der Waals surface area contributed by atoms with Gasteiger partial charge in [0.05, 0.1) is 22.2 Å². The number of imide groups is 1. The molecule has 176 valence electrons. The Labute approximate surface area is 202 Å². The number of aromatic nitrogens is 2. The number of para-hydroxylation sites is 1. The second-order valence-corrected chi connectivity index (χ2v) is 10.1. The van der Waals surface area contributed by atoms with Crippen LogP contribution in [0.15, 0.2) is 42.6 Å². The molecule has 0 unspecified atom stereocenters. The van der Waals surface area contributed by atoms with Gasteiger partial charge in [0, 0.05) is 45.7 Å². The van der Waals surface area contributed by atoms with Gasteiger partial charge >= 0.3 is 0 Å². The molecule has 2 amide bonds. The van der Waals surface area contributed by atoms with E-state index in [0.29, 0.717) is 11.1 Å². The summed E-state index contributed by atoms with van der Waals surface area (Å²) in [7, 11) is 1.98. The van der Waals surface area contributed by atoms with E-state index in [0.717, 1.165) is 62.9 Å². The molecule has 5 aromatic rings. The van der Waals surface area contributed by atoms with E-state index in [-0.39, 0.29) is 11.8 Å². The zero-order chi connectivity index (χ0) is 23.7. The van der Waals surface area contributed by atoms with E-state index in [1.54, 1.807) is 0 Å². The van der Waals surface area contributed by atoms with E-state index in [9.17, 15) is 9.59 Å². The van der Waals surface area contributed by atoms with E-state index < -0.39 is 0 Å². The monoisotopic (exact) mass is 464 g/mol. The number of amides is 2. The van der Waals surface area contributed by atoms with Crippen LogP contribution in [0.3, 0.4) is 0 Å². The molecule has 2 N–H and O–H groups in total. The van der Waals surface area contributed by atoms with Gasteiger partial charge < -0.3 is 14.5 Å². The maximum Gasteiger partial charge on any atom is 0.259 e. The summed E-state index contributed by atoms with van der Waals surface area (Å²) < 4.78 is 2.04. The van der Waals surface area contributed by atoms with Crippen molar-refractivity contribution in [1.82, 2.24) is 19.8 Å². The predicted molar refractivity (Wildman–Crippen MR) is 140 cm³/mol. The summed E-state index contributed by atoms with van der Waals surface area (Å²) in [6.07, 6.45) is 8.07. The summed E-state index contributed by atoms with van der Waals surface area (Å²) in [4.78, 5) is 32.5. The SMILES string of the molecule is Cn1ccc2ccc3c4[nH]c5c(CCCN6CCCCC6)cccc5c4c4c(c3c21)C(=O)NC4=O. The van der Waals surface area contributed by atoms with Crippen LogP contribution in [-0.4, -0.2) is 45.9 Å². The molecule has 0 spiro atoms. The Kier molecular flexibility index (Phi) is 4.55. The second-order valence-electron chi connectivity index (χ2n) is 10.1. The molecule has 7 rings (SSSR count). The summed E-state index contributed by atoms with van der Waals surface area (Å²) in [6, 6.07) is 12.6. The van der Waals surface area contributed by atoms with E-state index in [1.165, 1.54) is 37.9 Å². The normalized spacial score (nSPS) is 16.7. The van der Waals surface area contributed by atoms with Gasteiger partial charge in [0.1, 0.15) is 0 Å². The number of hydrogen-bond acceptors (Lipinski definition) is 3. The highest BCUT2D eigenvalue weighted by Gasteiger charge is 2.34. The Hall–Kier alpha value is -3.64. The average molecular weight is 465 g/mol. The molecule has 1 saturated heterocycles. The fraction of sp³-hybridized carbons (Fsp3) is 0.310. The minimum Gasteiger partial charge on any atom is -0.354 e. The third-order valence-corrected chi connectivity index (χ3v) is 8.03. The third kappa shape index (κ3) is 2.99. The van der Waals surface area contributed by atoms with Crippen molar-refractivity contribution in [2.75, 3.05) is 19.6 Å². The number of nitrogens with zero attached hydrogens (tertiary/aromatic N) is 2. The number of benzene rings is 3. The number of H-pyrrole nitrogens is 1. The Morgan fingerprint density at radius 1 is 0.857 bits per heavy atom. The molecular weight excluding hydrogens is 436 g/mol. The van der Waals surface area contributed by atoms with Crippen LogP contribution in [0.25, 0.3) is 43.5 Å². The van der Waals surface area contributed by atoms with Crippen LogP contribution < -0.4 is 5.32 Å². The third-order valence-electron chi connectivity index (χ3n) is 8.03. The molecule has 6 nitrogen and oxygen atoms in total. The lowest BCUT2D eigenvalue weighted by Gasteiger charge is -2.26. The first-order chi connectivity index (χ1) is 17.1. The topological polar surface area (TPSA) is 70.1 Å². The van der Waals surface area contributed by atoms with Crippen LogP contribution in [-0.2, 0) is 13.5 Å². The Morgan fingerprint density at radius 2 is 1.63 bits per heavy atom. The Balaban J connectivity index is 1.45. The lowest BCUT2D eigenvalue weighted by molar-refractivity contribution is 0.0880. The van der Waals surface area contributed by atoms with Crippen molar-refractivity contribution >= 4 is 55.3 Å². The number of nitrogens with one attached hydrogen (secondary N) is 2. The van der Waals surface area contributed by atoms with Crippen molar-refractivity contribution in [2.45, 2.75) is 32.1 Å². The highest BCUT2D eigenvalue weighted by molar-refractivity contribution is 6.39. The number of aromatic amines is 1. The van der Waals surface area contributed by atoms with E-state index in [4.69, 9.17) is 0 Å². The quantitative estimate of drug-likeness (QED) is 0.356. The predicted octanol–water partition coefficient (Wildman–Crippen LogP) is 5.27. The Morgan fingerprint density at radius 3 is 2.46 bits per heavy atom. The highest BCUT2D eigenvalue weighted by atomic mass is 16.2. The largest absolute Gasteiger partial charge is 0.354 e. The first kappa shape index (κ1) is 20.7. The first-order valence-electron chi connectivity index (χ1n) is 12.7. The van der Waals surface area contributed by atoms with Gasteiger partial charge in [0.2, 0.25) is 0 Å². The molecule has 0 saturated carbocycles. The van der Waals surface area contributed by atoms with E-state index in [2.05, 4.69) is 45.5 Å². The summed E-state index contributed by atoms with van der Waals surface area (Å²) in [6.45, 7) is 3.55. The standard InChI is InChI=1S/C29H28N4O2/c1-32-16-12-18-10-11-20-22(27(18)32)24-23(28(34)31-29(24)35)21-19-9-5-7-17(25(19)30-26(20)21)8-6-15-33-13-3-2-4-14-33/h5,7,9-12,16,30H,2-4,6,8,13-15H2,1H3,(H,31,34,35). The number of likely N-dealkylation sites (tertiary alicyclic amines) is 1. The number of rotatable bonds is 4. The maximum atomic E-state index is 13.1. The summed E-state index contributed by atoms with van der Waals surface area (Å²) in [5.74, 6) is -0.614. The molecule has 2 aromatic heterocycles. The van der Waals surface area contributed by atoms with Gasteiger partial charge in [-0.15, -0.1) is 0 Å². The summed E-state index contributed by atoms with van der Waals surface area (Å²) in [5.41, 5.74) is 5.26. The van der Waals surface area contributed by atoms with Crippen LogP contribution in [0, 0.1) is 0 Å². The minimum atomic E-state index is -0.308. The molecule has 0 atom stereocenters. The number of hydrogen-bond donors (Lipinski definition) is 2. The number of piperidine rings is 1. The smallest absolute Gasteiger partial charge is 0.259 e. The molecule has 4 heterocycles. The van der Waals surface area contributed by atoms with Crippen molar-refractivity contribution in [2.24, 2.45) is 7.05 Å². The van der Waals surface area contributed by atoms with Gasteiger partial charge in [-0.1, -0.05) is 36.8 Å². The van der Waals surface area contributed by atoms with Crippen molar-refractivity contribution in [1.29, 1.82) is 0 Å². The van der Waals surface area contributed by atoms with Crippen LogP contribution in [0.1, 0.15) is 52.0 Å². The fourth-order valence-electron chi connectivity index (χ4n) is 6.41. The Bertz CT molecular complexity index is 1680. The molecule has 2 aliphatic rings. The van der Waals surface area contributed by atoms with Crippen LogP contribution in [0.4, 0.5) is 0 Å². The van der Waals surface area contributed by atoms with Gasteiger partial charge in [-0.2, -0.15) is 0 Å². The van der Waals surface area contributed by atoms with Crippen molar-refractivity contribution < 1.29 is 9.59 Å². The van der Waals surface area contributed by atoms with Gasteiger partial charge in [0.15, 0.2) is 0 Å². The zero-order valence-corrected chi connectivity index (χ0v) is 19.9. The average Bonchev–Trinajstić information content (AvgIpc) is 3.53. The summed E-state index contributed by atoms with van der Waals surface area (Å²) >= 11 is 0. The van der Waals surface area contributed by atoms with Gasteiger partial charge in [-0.3, -0.25) is 14.9 Å². The molecule has 0 bridgehead atoms. The molecule has 2 aliphatic heterocycles. The van der Waals surface area contributed by atoms with Gasteiger partial charge in [-0.05, 0) is 56.9 Å². The molecule has 3 aromatic carbocycles. The van der Waals surface area contributed by atoms with Gasteiger partial charge in [0.25, 0.3) is 11.8 Å². The lowest BCUT2D eigenvalue weighted by Crippen LogP contribution is -2.30. The van der Waals surface area contributed by atoms with Crippen molar-refractivity contribution in [3.05, 3.63) is 59.3 Å². The van der Waals surface area contributed by atoms with Crippen LogP contribution >= 0.6 is 0 Å².